The fourth-order valence-electron chi connectivity index (χ4n) is 2.45. The predicted molar refractivity (Wildman–Crippen MR) is 96.7 cm³/mol. The lowest BCUT2D eigenvalue weighted by atomic mass is 10.1. The first-order valence-electron chi connectivity index (χ1n) is 8.16. The molecule has 0 fully saturated rings. The molecule has 3 heteroatoms. The van der Waals surface area contributed by atoms with Gasteiger partial charge in [-0.2, -0.15) is 0 Å². The van der Waals surface area contributed by atoms with Gasteiger partial charge in [0, 0.05) is 25.5 Å². The first-order chi connectivity index (χ1) is 11.8. The van der Waals surface area contributed by atoms with Gasteiger partial charge in [0.2, 0.25) is 0 Å². The van der Waals surface area contributed by atoms with Crippen LogP contribution < -0.4 is 10.1 Å². The molecule has 24 heavy (non-hydrogen) atoms. The average molecular weight is 318 g/mol. The second-order valence-corrected chi connectivity index (χ2v) is 5.88. The third kappa shape index (κ3) is 4.93. The van der Waals surface area contributed by atoms with Crippen LogP contribution in [0, 0.1) is 6.92 Å². The van der Waals surface area contributed by atoms with Gasteiger partial charge < -0.3 is 10.1 Å². The van der Waals surface area contributed by atoms with E-state index in [0.29, 0.717) is 6.61 Å². The maximum Gasteiger partial charge on any atom is 0.120 e. The molecule has 0 saturated carbocycles. The van der Waals surface area contributed by atoms with Crippen LogP contribution in [-0.4, -0.2) is 4.98 Å². The molecule has 1 aromatic heterocycles. The highest BCUT2D eigenvalue weighted by Gasteiger charge is 1.99. The van der Waals surface area contributed by atoms with Gasteiger partial charge in [0.05, 0.1) is 0 Å². The van der Waals surface area contributed by atoms with E-state index in [9.17, 15) is 0 Å². The Bertz CT molecular complexity index is 754. The number of ether oxygens (including phenoxy) is 1. The Balaban J connectivity index is 1.51. The predicted octanol–water partition coefficient (Wildman–Crippen LogP) is 4.26. The zero-order chi connectivity index (χ0) is 16.6. The van der Waals surface area contributed by atoms with Crippen molar-refractivity contribution in [2.24, 2.45) is 0 Å². The lowest BCUT2D eigenvalue weighted by molar-refractivity contribution is 0.306. The molecular weight excluding hydrogens is 296 g/mol. The number of nitrogens with zero attached hydrogens (tertiary/aromatic N) is 1. The quantitative estimate of drug-likeness (QED) is 0.707. The van der Waals surface area contributed by atoms with Gasteiger partial charge in [-0.05, 0) is 47.9 Å². The van der Waals surface area contributed by atoms with E-state index in [2.05, 4.69) is 53.6 Å². The van der Waals surface area contributed by atoms with Gasteiger partial charge in [0.25, 0.3) is 0 Å². The molecule has 0 amide bonds. The summed E-state index contributed by atoms with van der Waals surface area (Å²) >= 11 is 0. The van der Waals surface area contributed by atoms with Crippen LogP contribution in [0.3, 0.4) is 0 Å². The van der Waals surface area contributed by atoms with Gasteiger partial charge >= 0.3 is 0 Å². The van der Waals surface area contributed by atoms with Crippen molar-refractivity contribution in [2.45, 2.75) is 26.6 Å². The van der Waals surface area contributed by atoms with Gasteiger partial charge in [0.1, 0.15) is 12.4 Å². The number of benzene rings is 2. The Morgan fingerprint density at radius 1 is 0.833 bits per heavy atom. The SMILES string of the molecule is Cc1ccc(COc2cccc(CNCc3ccncc3)c2)cc1. The number of nitrogens with one attached hydrogen (secondary N) is 1. The minimum absolute atomic E-state index is 0.591. The summed E-state index contributed by atoms with van der Waals surface area (Å²) in [5, 5.41) is 3.44. The Kier molecular flexibility index (Phi) is 5.59. The van der Waals surface area contributed by atoms with Gasteiger partial charge in [-0.15, -0.1) is 0 Å². The molecule has 0 spiro atoms. The summed E-state index contributed by atoms with van der Waals surface area (Å²) in [5.74, 6) is 0.902. The van der Waals surface area contributed by atoms with Crippen LogP contribution in [0.1, 0.15) is 22.3 Å². The Hall–Kier alpha value is -2.65. The average Bonchev–Trinajstić information content (AvgIpc) is 2.63. The van der Waals surface area contributed by atoms with E-state index in [-0.39, 0.29) is 0 Å². The van der Waals surface area contributed by atoms with E-state index in [1.165, 1.54) is 22.3 Å². The Morgan fingerprint density at radius 2 is 1.58 bits per heavy atom. The maximum atomic E-state index is 5.90. The van der Waals surface area contributed by atoms with Crippen LogP contribution in [-0.2, 0) is 19.7 Å². The maximum absolute atomic E-state index is 5.90. The van der Waals surface area contributed by atoms with Gasteiger partial charge in [-0.3, -0.25) is 4.98 Å². The summed E-state index contributed by atoms with van der Waals surface area (Å²) in [4.78, 5) is 4.03. The number of aromatic nitrogens is 1. The molecule has 0 bridgehead atoms. The third-order valence-corrected chi connectivity index (χ3v) is 3.83. The molecule has 0 radical (unpaired) electrons. The van der Waals surface area contributed by atoms with Gasteiger partial charge in [-0.25, -0.2) is 0 Å². The molecule has 1 heterocycles. The Labute approximate surface area is 143 Å². The van der Waals surface area contributed by atoms with Crippen LogP contribution in [0.25, 0.3) is 0 Å². The third-order valence-electron chi connectivity index (χ3n) is 3.83. The first kappa shape index (κ1) is 16.2. The van der Waals surface area contributed by atoms with E-state index in [0.717, 1.165) is 18.8 Å². The molecule has 0 aliphatic carbocycles. The van der Waals surface area contributed by atoms with E-state index in [4.69, 9.17) is 4.74 Å². The molecule has 3 nitrogen and oxygen atoms in total. The molecule has 0 unspecified atom stereocenters. The molecule has 0 atom stereocenters. The van der Waals surface area contributed by atoms with Crippen molar-refractivity contribution >= 4 is 0 Å². The summed E-state index contributed by atoms with van der Waals surface area (Å²) < 4.78 is 5.90. The molecule has 3 aromatic rings. The lowest BCUT2D eigenvalue weighted by Crippen LogP contribution is -2.12. The zero-order valence-electron chi connectivity index (χ0n) is 13.9. The van der Waals surface area contributed by atoms with E-state index in [1.807, 2.05) is 36.7 Å². The molecule has 1 N–H and O–H groups in total. The second-order valence-electron chi connectivity index (χ2n) is 5.88. The number of hydrogen-bond donors (Lipinski definition) is 1. The molecule has 3 rings (SSSR count). The van der Waals surface area contributed by atoms with Crippen LogP contribution in [0.4, 0.5) is 0 Å². The number of rotatable bonds is 7. The highest BCUT2D eigenvalue weighted by Crippen LogP contribution is 2.15. The van der Waals surface area contributed by atoms with Crippen molar-refractivity contribution in [1.29, 1.82) is 0 Å². The Morgan fingerprint density at radius 3 is 2.38 bits per heavy atom. The molecule has 122 valence electrons. The van der Waals surface area contributed by atoms with E-state index in [1.54, 1.807) is 0 Å². The number of pyridine rings is 1. The van der Waals surface area contributed by atoms with Gasteiger partial charge in [0.15, 0.2) is 0 Å². The van der Waals surface area contributed by atoms with E-state index < -0.39 is 0 Å². The zero-order valence-corrected chi connectivity index (χ0v) is 13.9. The topological polar surface area (TPSA) is 34.1 Å². The van der Waals surface area contributed by atoms with Crippen LogP contribution in [0.15, 0.2) is 73.1 Å². The fourth-order valence-corrected chi connectivity index (χ4v) is 2.45. The summed E-state index contributed by atoms with van der Waals surface area (Å²) in [6, 6.07) is 20.7. The second kappa shape index (κ2) is 8.27. The highest BCUT2D eigenvalue weighted by atomic mass is 16.5. The minimum atomic E-state index is 0.591. The monoisotopic (exact) mass is 318 g/mol. The number of hydrogen-bond acceptors (Lipinski definition) is 3. The van der Waals surface area contributed by atoms with Crippen molar-refractivity contribution in [3.05, 3.63) is 95.3 Å². The number of aryl methyl sites for hydroxylation is 1. The highest BCUT2D eigenvalue weighted by molar-refractivity contribution is 5.29. The lowest BCUT2D eigenvalue weighted by Gasteiger charge is -2.09. The van der Waals surface area contributed by atoms with Crippen molar-refractivity contribution in [3.63, 3.8) is 0 Å². The summed E-state index contributed by atoms with van der Waals surface area (Å²) in [6.45, 7) is 4.32. The smallest absolute Gasteiger partial charge is 0.120 e. The van der Waals surface area contributed by atoms with Crippen LogP contribution in [0.5, 0.6) is 5.75 Å². The van der Waals surface area contributed by atoms with Crippen LogP contribution >= 0.6 is 0 Å². The first-order valence-corrected chi connectivity index (χ1v) is 8.16. The van der Waals surface area contributed by atoms with Crippen molar-refractivity contribution < 1.29 is 4.74 Å². The van der Waals surface area contributed by atoms with E-state index >= 15 is 0 Å². The molecule has 2 aromatic carbocycles. The standard InChI is InChI=1S/C21H22N2O/c1-17-5-7-19(8-6-17)16-24-21-4-2-3-20(13-21)15-23-14-18-9-11-22-12-10-18/h2-13,23H,14-16H2,1H3. The van der Waals surface area contributed by atoms with Crippen molar-refractivity contribution in [2.75, 3.05) is 0 Å². The molecule has 0 aliphatic rings. The normalized spacial score (nSPS) is 10.5. The molecule has 0 saturated heterocycles. The largest absolute Gasteiger partial charge is 0.489 e. The van der Waals surface area contributed by atoms with Crippen molar-refractivity contribution in [3.8, 4) is 5.75 Å². The van der Waals surface area contributed by atoms with Gasteiger partial charge in [-0.1, -0.05) is 42.0 Å². The summed E-state index contributed by atoms with van der Waals surface area (Å²) in [6.07, 6.45) is 3.63. The van der Waals surface area contributed by atoms with Crippen molar-refractivity contribution in [1.82, 2.24) is 10.3 Å². The fraction of sp³-hybridized carbons (Fsp3) is 0.190. The van der Waals surface area contributed by atoms with Crippen LogP contribution in [0.2, 0.25) is 0 Å². The summed E-state index contributed by atoms with van der Waals surface area (Å²) in [5.41, 5.74) is 4.89. The molecular formula is C21H22N2O. The summed E-state index contributed by atoms with van der Waals surface area (Å²) in [7, 11) is 0. The molecule has 0 aliphatic heterocycles. The minimum Gasteiger partial charge on any atom is -0.489 e.